The van der Waals surface area contributed by atoms with Gasteiger partial charge in [-0.05, 0) is 24.0 Å². The van der Waals surface area contributed by atoms with Gasteiger partial charge in [0.15, 0.2) is 5.96 Å². The second-order valence-electron chi connectivity index (χ2n) is 4.52. The minimum Gasteiger partial charge on any atom is -0.481 e. The number of nitrogens with two attached hydrogens (primary N) is 1. The first kappa shape index (κ1) is 17.9. The monoisotopic (exact) mass is 378 g/mol. The number of guanidine groups is 1. The van der Waals surface area contributed by atoms with E-state index in [-0.39, 0.29) is 24.0 Å². The van der Waals surface area contributed by atoms with Crippen molar-refractivity contribution in [3.63, 3.8) is 0 Å². The van der Waals surface area contributed by atoms with E-state index in [4.69, 9.17) is 10.5 Å². The van der Waals surface area contributed by atoms with Gasteiger partial charge >= 0.3 is 0 Å². The Kier molecular flexibility index (Phi) is 9.28. The van der Waals surface area contributed by atoms with Crippen LogP contribution in [-0.4, -0.2) is 24.6 Å². The number of pyridine rings is 1. The van der Waals surface area contributed by atoms with Gasteiger partial charge in [0.2, 0.25) is 5.88 Å². The van der Waals surface area contributed by atoms with E-state index < -0.39 is 0 Å². The molecule has 0 unspecified atom stereocenters. The van der Waals surface area contributed by atoms with Gasteiger partial charge in [-0.1, -0.05) is 13.8 Å². The SMILES string of the molecule is COc1cc(CN=C(N)NCCC(C)C)ccn1.I. The Morgan fingerprint density at radius 2 is 2.26 bits per heavy atom. The van der Waals surface area contributed by atoms with E-state index in [2.05, 4.69) is 29.1 Å². The van der Waals surface area contributed by atoms with E-state index in [0.717, 1.165) is 18.5 Å². The molecule has 0 bridgehead atoms. The second-order valence-corrected chi connectivity index (χ2v) is 4.52. The van der Waals surface area contributed by atoms with Crippen molar-refractivity contribution in [2.75, 3.05) is 13.7 Å². The lowest BCUT2D eigenvalue weighted by molar-refractivity contribution is 0.397. The second kappa shape index (κ2) is 9.82. The van der Waals surface area contributed by atoms with Crippen molar-refractivity contribution >= 4 is 29.9 Å². The number of nitrogens with one attached hydrogen (secondary N) is 1. The van der Waals surface area contributed by atoms with Crippen LogP contribution in [0.1, 0.15) is 25.8 Å². The summed E-state index contributed by atoms with van der Waals surface area (Å²) in [5, 5.41) is 3.09. The minimum absolute atomic E-state index is 0. The normalized spacial score (nSPS) is 11.1. The zero-order chi connectivity index (χ0) is 13.4. The summed E-state index contributed by atoms with van der Waals surface area (Å²) in [6.45, 7) is 5.74. The van der Waals surface area contributed by atoms with E-state index in [1.165, 1.54) is 0 Å². The number of hydrogen-bond acceptors (Lipinski definition) is 3. The van der Waals surface area contributed by atoms with Crippen molar-refractivity contribution in [3.8, 4) is 5.88 Å². The highest BCUT2D eigenvalue weighted by atomic mass is 127. The van der Waals surface area contributed by atoms with Crippen LogP contribution in [0, 0.1) is 5.92 Å². The highest BCUT2D eigenvalue weighted by Crippen LogP contribution is 2.09. The maximum atomic E-state index is 5.77. The molecule has 0 fully saturated rings. The average molecular weight is 378 g/mol. The predicted octanol–water partition coefficient (Wildman–Crippen LogP) is 2.16. The molecule has 0 saturated carbocycles. The Bertz CT molecular complexity index is 396. The van der Waals surface area contributed by atoms with Crippen LogP contribution >= 0.6 is 24.0 Å². The lowest BCUT2D eigenvalue weighted by Gasteiger charge is -2.07. The smallest absolute Gasteiger partial charge is 0.213 e. The predicted molar refractivity (Wildman–Crippen MR) is 89.0 cm³/mol. The summed E-state index contributed by atoms with van der Waals surface area (Å²) in [6, 6.07) is 3.75. The van der Waals surface area contributed by atoms with Gasteiger partial charge in [0.25, 0.3) is 0 Å². The van der Waals surface area contributed by atoms with Crippen LogP contribution in [0.5, 0.6) is 5.88 Å². The van der Waals surface area contributed by atoms with Crippen LogP contribution in [0.2, 0.25) is 0 Å². The molecule has 1 rings (SSSR count). The maximum absolute atomic E-state index is 5.77. The molecule has 0 aliphatic heterocycles. The molecule has 1 heterocycles. The number of halogens is 1. The number of hydrogen-bond donors (Lipinski definition) is 2. The lowest BCUT2D eigenvalue weighted by Crippen LogP contribution is -2.32. The molecule has 0 spiro atoms. The Morgan fingerprint density at radius 3 is 2.89 bits per heavy atom. The number of rotatable bonds is 6. The third-order valence-corrected chi connectivity index (χ3v) is 2.47. The fraction of sp³-hybridized carbons (Fsp3) is 0.538. The van der Waals surface area contributed by atoms with Gasteiger partial charge in [0.05, 0.1) is 13.7 Å². The van der Waals surface area contributed by atoms with Crippen LogP contribution in [-0.2, 0) is 6.54 Å². The average Bonchev–Trinajstić information content (AvgIpc) is 2.36. The summed E-state index contributed by atoms with van der Waals surface area (Å²) in [6.07, 6.45) is 2.78. The Hall–Kier alpha value is -1.05. The first-order valence-corrected chi connectivity index (χ1v) is 6.14. The van der Waals surface area contributed by atoms with Gasteiger partial charge < -0.3 is 15.8 Å². The molecule has 0 radical (unpaired) electrons. The first-order valence-electron chi connectivity index (χ1n) is 6.14. The molecular formula is C13H23IN4O. The zero-order valence-electron chi connectivity index (χ0n) is 11.7. The topological polar surface area (TPSA) is 72.5 Å². The molecule has 0 amide bonds. The third kappa shape index (κ3) is 7.86. The first-order chi connectivity index (χ1) is 8.61. The summed E-state index contributed by atoms with van der Waals surface area (Å²) in [5.41, 5.74) is 6.79. The molecular weight excluding hydrogens is 355 g/mol. The molecule has 5 nitrogen and oxygen atoms in total. The lowest BCUT2D eigenvalue weighted by atomic mass is 10.1. The Balaban J connectivity index is 0.00000324. The van der Waals surface area contributed by atoms with Crippen LogP contribution in [0.3, 0.4) is 0 Å². The van der Waals surface area contributed by atoms with E-state index in [0.29, 0.717) is 24.3 Å². The number of ether oxygens (including phenoxy) is 1. The molecule has 0 atom stereocenters. The summed E-state index contributed by atoms with van der Waals surface area (Å²) in [4.78, 5) is 8.30. The molecule has 1 aromatic rings. The van der Waals surface area contributed by atoms with Crippen LogP contribution in [0.4, 0.5) is 0 Å². The van der Waals surface area contributed by atoms with Gasteiger partial charge in [0, 0.05) is 18.8 Å². The summed E-state index contributed by atoms with van der Waals surface area (Å²) in [5.74, 6) is 1.73. The van der Waals surface area contributed by atoms with Crippen molar-refractivity contribution in [2.45, 2.75) is 26.8 Å². The van der Waals surface area contributed by atoms with Crippen molar-refractivity contribution in [1.82, 2.24) is 10.3 Å². The van der Waals surface area contributed by atoms with E-state index in [9.17, 15) is 0 Å². The van der Waals surface area contributed by atoms with Gasteiger partial charge in [-0.15, -0.1) is 24.0 Å². The molecule has 0 aromatic carbocycles. The van der Waals surface area contributed by atoms with Crippen molar-refractivity contribution < 1.29 is 4.74 Å². The maximum Gasteiger partial charge on any atom is 0.213 e. The van der Waals surface area contributed by atoms with Gasteiger partial charge in [-0.2, -0.15) is 0 Å². The Labute approximate surface area is 132 Å². The van der Waals surface area contributed by atoms with Crippen LogP contribution in [0.15, 0.2) is 23.3 Å². The number of aliphatic imine (C=N–C) groups is 1. The molecule has 1 aromatic heterocycles. The van der Waals surface area contributed by atoms with Gasteiger partial charge in [-0.3, -0.25) is 0 Å². The minimum atomic E-state index is 0. The molecule has 0 saturated heterocycles. The highest BCUT2D eigenvalue weighted by molar-refractivity contribution is 14.0. The molecule has 0 aliphatic carbocycles. The van der Waals surface area contributed by atoms with Crippen molar-refractivity contribution in [3.05, 3.63) is 23.9 Å². The quantitative estimate of drug-likeness (QED) is 0.452. The number of nitrogens with zero attached hydrogens (tertiary/aromatic N) is 2. The van der Waals surface area contributed by atoms with Crippen molar-refractivity contribution in [2.24, 2.45) is 16.6 Å². The van der Waals surface area contributed by atoms with Gasteiger partial charge in [0.1, 0.15) is 0 Å². The van der Waals surface area contributed by atoms with Crippen LogP contribution in [0.25, 0.3) is 0 Å². The van der Waals surface area contributed by atoms with E-state index >= 15 is 0 Å². The van der Waals surface area contributed by atoms with E-state index in [1.54, 1.807) is 13.3 Å². The molecule has 19 heavy (non-hydrogen) atoms. The molecule has 6 heteroatoms. The fourth-order valence-electron chi connectivity index (χ4n) is 1.38. The highest BCUT2D eigenvalue weighted by Gasteiger charge is 1.98. The van der Waals surface area contributed by atoms with Crippen LogP contribution < -0.4 is 15.8 Å². The third-order valence-electron chi connectivity index (χ3n) is 2.47. The molecule has 108 valence electrons. The van der Waals surface area contributed by atoms with E-state index in [1.807, 2.05) is 12.1 Å². The van der Waals surface area contributed by atoms with Gasteiger partial charge in [-0.25, -0.2) is 9.98 Å². The summed E-state index contributed by atoms with van der Waals surface area (Å²) in [7, 11) is 1.59. The summed E-state index contributed by atoms with van der Waals surface area (Å²) < 4.78 is 5.05. The zero-order valence-corrected chi connectivity index (χ0v) is 14.0. The number of aromatic nitrogens is 1. The number of methoxy groups -OCH3 is 1. The molecule has 0 aliphatic rings. The largest absolute Gasteiger partial charge is 0.481 e. The Morgan fingerprint density at radius 1 is 1.53 bits per heavy atom. The summed E-state index contributed by atoms with van der Waals surface area (Å²) >= 11 is 0. The fourth-order valence-corrected chi connectivity index (χ4v) is 1.38. The standard InChI is InChI=1S/C13H22N4O.HI/c1-10(2)4-6-16-13(14)17-9-11-5-7-15-12(8-11)18-3;/h5,7-8,10H,4,6,9H2,1-3H3,(H3,14,16,17);1H. The van der Waals surface area contributed by atoms with Crippen molar-refractivity contribution in [1.29, 1.82) is 0 Å². The molecule has 3 N–H and O–H groups in total.